The first-order valence-corrected chi connectivity index (χ1v) is 5.04. The van der Waals surface area contributed by atoms with E-state index in [0.717, 1.165) is 11.4 Å². The highest BCUT2D eigenvalue weighted by molar-refractivity contribution is 5.88. The summed E-state index contributed by atoms with van der Waals surface area (Å²) in [6.45, 7) is 0. The Morgan fingerprint density at radius 2 is 1.35 bits per heavy atom. The van der Waals surface area contributed by atoms with Crippen LogP contribution in [0.3, 0.4) is 0 Å². The molecule has 0 unspecified atom stereocenters. The molecule has 4 heteroatoms. The maximum atomic E-state index is 10.7. The number of hydrogen-bond acceptors (Lipinski definition) is 3. The lowest BCUT2D eigenvalue weighted by Crippen LogP contribution is -1.96. The first kappa shape index (κ1) is 11.0. The highest BCUT2D eigenvalue weighted by Crippen LogP contribution is 2.19. The van der Waals surface area contributed by atoms with Crippen LogP contribution in [0.1, 0.15) is 10.4 Å². The molecular weight excluding hydrogens is 218 g/mol. The van der Waals surface area contributed by atoms with Crippen molar-refractivity contribution in [2.75, 3.05) is 5.32 Å². The Kier molecular flexibility index (Phi) is 2.96. The number of phenolic OH excluding ortho intramolecular Hbond substituents is 1. The smallest absolute Gasteiger partial charge is 0.335 e. The second-order valence-electron chi connectivity index (χ2n) is 3.55. The number of hydrogen-bond donors (Lipinski definition) is 3. The molecule has 0 aliphatic heterocycles. The number of carboxylic acid groups (broad SMARTS) is 1. The van der Waals surface area contributed by atoms with Crippen molar-refractivity contribution >= 4 is 17.3 Å². The van der Waals surface area contributed by atoms with Gasteiger partial charge in [0.05, 0.1) is 5.56 Å². The van der Waals surface area contributed by atoms with Crippen molar-refractivity contribution in [1.29, 1.82) is 0 Å². The van der Waals surface area contributed by atoms with Gasteiger partial charge in [-0.05, 0) is 48.5 Å². The fourth-order valence-corrected chi connectivity index (χ4v) is 1.41. The zero-order valence-electron chi connectivity index (χ0n) is 8.92. The number of carbonyl (C=O) groups is 1. The lowest BCUT2D eigenvalue weighted by Gasteiger charge is -2.06. The van der Waals surface area contributed by atoms with Gasteiger partial charge in [-0.25, -0.2) is 4.79 Å². The summed E-state index contributed by atoms with van der Waals surface area (Å²) in [7, 11) is 0. The van der Waals surface area contributed by atoms with Crippen LogP contribution in [-0.2, 0) is 0 Å². The number of aromatic hydroxyl groups is 1. The molecule has 0 heterocycles. The van der Waals surface area contributed by atoms with Gasteiger partial charge in [-0.15, -0.1) is 0 Å². The van der Waals surface area contributed by atoms with Gasteiger partial charge in [0.15, 0.2) is 0 Å². The average Bonchev–Trinajstić information content (AvgIpc) is 2.33. The number of benzene rings is 2. The molecule has 0 bridgehead atoms. The van der Waals surface area contributed by atoms with Crippen LogP contribution in [0.4, 0.5) is 11.4 Å². The van der Waals surface area contributed by atoms with E-state index in [1.165, 1.54) is 12.1 Å². The van der Waals surface area contributed by atoms with E-state index in [4.69, 9.17) is 10.2 Å². The van der Waals surface area contributed by atoms with Crippen LogP contribution in [0, 0.1) is 0 Å². The lowest BCUT2D eigenvalue weighted by molar-refractivity contribution is 0.0697. The highest BCUT2D eigenvalue weighted by Gasteiger charge is 2.01. The fraction of sp³-hybridized carbons (Fsp3) is 0. The molecule has 86 valence electrons. The van der Waals surface area contributed by atoms with E-state index >= 15 is 0 Å². The maximum absolute atomic E-state index is 10.7. The number of nitrogens with one attached hydrogen (secondary N) is 1. The summed E-state index contributed by atoms with van der Waals surface area (Å²) in [4.78, 5) is 10.7. The van der Waals surface area contributed by atoms with Crippen LogP contribution in [0.2, 0.25) is 0 Å². The Balaban J connectivity index is 2.13. The minimum Gasteiger partial charge on any atom is -0.508 e. The second-order valence-corrected chi connectivity index (χ2v) is 3.55. The molecular formula is C13H11NO3. The molecule has 2 aromatic rings. The predicted octanol–water partition coefficient (Wildman–Crippen LogP) is 2.83. The first-order chi connectivity index (χ1) is 8.15. The van der Waals surface area contributed by atoms with Crippen molar-refractivity contribution in [3.05, 3.63) is 54.1 Å². The molecule has 0 aliphatic rings. The molecule has 0 saturated heterocycles. The molecule has 4 nitrogen and oxygen atoms in total. The van der Waals surface area contributed by atoms with E-state index in [-0.39, 0.29) is 11.3 Å². The lowest BCUT2D eigenvalue weighted by atomic mass is 10.2. The number of aromatic carboxylic acids is 1. The Morgan fingerprint density at radius 3 is 1.82 bits per heavy atom. The first-order valence-electron chi connectivity index (χ1n) is 5.04. The summed E-state index contributed by atoms with van der Waals surface area (Å²) in [6, 6.07) is 13.1. The third-order valence-electron chi connectivity index (χ3n) is 2.29. The van der Waals surface area contributed by atoms with E-state index in [2.05, 4.69) is 5.32 Å². The van der Waals surface area contributed by atoms with Gasteiger partial charge in [-0.1, -0.05) is 0 Å². The van der Waals surface area contributed by atoms with Gasteiger partial charge in [-0.3, -0.25) is 0 Å². The quantitative estimate of drug-likeness (QED) is 0.708. The molecule has 0 atom stereocenters. The third kappa shape index (κ3) is 2.75. The van der Waals surface area contributed by atoms with E-state index in [1.54, 1.807) is 36.4 Å². The highest BCUT2D eigenvalue weighted by atomic mass is 16.4. The van der Waals surface area contributed by atoms with Gasteiger partial charge >= 0.3 is 5.97 Å². The predicted molar refractivity (Wildman–Crippen MR) is 64.8 cm³/mol. The van der Waals surface area contributed by atoms with Gasteiger partial charge < -0.3 is 15.5 Å². The van der Waals surface area contributed by atoms with Crippen LogP contribution in [-0.4, -0.2) is 16.2 Å². The van der Waals surface area contributed by atoms with Crippen LogP contribution in [0.5, 0.6) is 5.75 Å². The van der Waals surface area contributed by atoms with E-state index in [1.807, 2.05) is 0 Å². The number of anilines is 2. The van der Waals surface area contributed by atoms with Crippen LogP contribution < -0.4 is 5.32 Å². The average molecular weight is 229 g/mol. The molecule has 0 radical (unpaired) electrons. The summed E-state index contributed by atoms with van der Waals surface area (Å²) in [5, 5.41) is 21.0. The molecule has 0 saturated carbocycles. The van der Waals surface area contributed by atoms with Crippen molar-refractivity contribution in [1.82, 2.24) is 0 Å². The Morgan fingerprint density at radius 1 is 0.882 bits per heavy atom. The van der Waals surface area contributed by atoms with Crippen molar-refractivity contribution < 1.29 is 15.0 Å². The SMILES string of the molecule is O=C(O)c1ccc(Nc2ccc(O)cc2)cc1. The second kappa shape index (κ2) is 4.57. The fourth-order valence-electron chi connectivity index (χ4n) is 1.41. The minimum atomic E-state index is -0.943. The number of carboxylic acids is 1. The molecule has 17 heavy (non-hydrogen) atoms. The summed E-state index contributed by atoms with van der Waals surface area (Å²) < 4.78 is 0. The monoisotopic (exact) mass is 229 g/mol. The Bertz CT molecular complexity index is 517. The minimum absolute atomic E-state index is 0.205. The summed E-state index contributed by atoms with van der Waals surface area (Å²) in [5.74, 6) is -0.738. The van der Waals surface area contributed by atoms with Crippen molar-refractivity contribution in [2.45, 2.75) is 0 Å². The van der Waals surface area contributed by atoms with Crippen LogP contribution in [0.25, 0.3) is 0 Å². The largest absolute Gasteiger partial charge is 0.508 e. The van der Waals surface area contributed by atoms with Gasteiger partial charge in [-0.2, -0.15) is 0 Å². The standard InChI is InChI=1S/C13H11NO3/c15-12-7-5-11(6-8-12)14-10-3-1-9(2-4-10)13(16)17/h1-8,14-15H,(H,16,17). The zero-order valence-corrected chi connectivity index (χ0v) is 8.92. The Hall–Kier alpha value is -2.49. The number of rotatable bonds is 3. The van der Waals surface area contributed by atoms with Gasteiger partial charge in [0, 0.05) is 11.4 Å². The summed E-state index contributed by atoms with van der Waals surface area (Å²) >= 11 is 0. The van der Waals surface area contributed by atoms with Crippen molar-refractivity contribution in [3.63, 3.8) is 0 Å². The van der Waals surface area contributed by atoms with E-state index in [0.29, 0.717) is 0 Å². The number of phenols is 1. The normalized spacial score (nSPS) is 9.88. The zero-order chi connectivity index (χ0) is 12.3. The van der Waals surface area contributed by atoms with Crippen LogP contribution >= 0.6 is 0 Å². The third-order valence-corrected chi connectivity index (χ3v) is 2.29. The van der Waals surface area contributed by atoms with Gasteiger partial charge in [0.25, 0.3) is 0 Å². The van der Waals surface area contributed by atoms with Crippen molar-refractivity contribution in [2.24, 2.45) is 0 Å². The van der Waals surface area contributed by atoms with Crippen molar-refractivity contribution in [3.8, 4) is 5.75 Å². The van der Waals surface area contributed by atoms with E-state index < -0.39 is 5.97 Å². The molecule has 0 fully saturated rings. The molecule has 2 aromatic carbocycles. The molecule has 3 N–H and O–H groups in total. The van der Waals surface area contributed by atoms with E-state index in [9.17, 15) is 4.79 Å². The van der Waals surface area contributed by atoms with Crippen LogP contribution in [0.15, 0.2) is 48.5 Å². The van der Waals surface area contributed by atoms with Gasteiger partial charge in [0.2, 0.25) is 0 Å². The molecule has 0 amide bonds. The summed E-state index contributed by atoms with van der Waals surface area (Å²) in [5.41, 5.74) is 1.87. The molecule has 2 rings (SSSR count). The Labute approximate surface area is 98.2 Å². The van der Waals surface area contributed by atoms with Gasteiger partial charge in [0.1, 0.15) is 5.75 Å². The maximum Gasteiger partial charge on any atom is 0.335 e. The topological polar surface area (TPSA) is 69.6 Å². The molecule has 0 spiro atoms. The summed E-state index contributed by atoms with van der Waals surface area (Å²) in [6.07, 6.45) is 0. The molecule has 0 aromatic heterocycles. The molecule has 0 aliphatic carbocycles.